The molecule has 76 valence electrons. The lowest BCUT2D eigenvalue weighted by atomic mass is 10.1. The predicted octanol–water partition coefficient (Wildman–Crippen LogP) is 4.75. The molecule has 0 bridgehead atoms. The fourth-order valence-electron chi connectivity index (χ4n) is 0.745. The van der Waals surface area contributed by atoms with Crippen LogP contribution in [0.2, 0.25) is 0 Å². The van der Waals surface area contributed by atoms with Crippen LogP contribution in [0.5, 0.6) is 0 Å². The minimum absolute atomic E-state index is 0.0144. The number of rotatable bonds is 5. The summed E-state index contributed by atoms with van der Waals surface area (Å²) in [5, 5.41) is -0.392. The lowest BCUT2D eigenvalue weighted by Crippen LogP contribution is -2.14. The van der Waals surface area contributed by atoms with E-state index >= 15 is 0 Å². The SMILES string of the molecule is CCCCC(Cl)C(=O)C(I)=C(Br)Br. The van der Waals surface area contributed by atoms with Crippen LogP contribution in [0, 0.1) is 0 Å². The van der Waals surface area contributed by atoms with E-state index in [1.807, 2.05) is 22.6 Å². The maximum Gasteiger partial charge on any atom is 0.188 e. The molecule has 0 aromatic carbocycles. The van der Waals surface area contributed by atoms with Crippen molar-refractivity contribution in [3.8, 4) is 0 Å². The fraction of sp³-hybridized carbons (Fsp3) is 0.625. The minimum Gasteiger partial charge on any atom is -0.292 e. The number of ketones is 1. The summed E-state index contributed by atoms with van der Waals surface area (Å²) in [7, 11) is 0. The van der Waals surface area contributed by atoms with Crippen LogP contribution in [-0.2, 0) is 4.79 Å². The van der Waals surface area contributed by atoms with Crippen LogP contribution in [-0.4, -0.2) is 11.2 Å². The Morgan fingerprint density at radius 1 is 1.54 bits per heavy atom. The summed E-state index contributed by atoms with van der Waals surface area (Å²) in [5.41, 5.74) is 0. The van der Waals surface area contributed by atoms with Gasteiger partial charge in [0.05, 0.1) is 12.3 Å². The van der Waals surface area contributed by atoms with Crippen molar-refractivity contribution >= 4 is 71.8 Å². The number of Topliss-reactive ketones (excluding diaryl/α,β-unsaturated/α-hetero) is 1. The largest absolute Gasteiger partial charge is 0.292 e. The van der Waals surface area contributed by atoms with Crippen molar-refractivity contribution in [3.05, 3.63) is 6.97 Å². The van der Waals surface area contributed by atoms with Crippen molar-refractivity contribution in [2.45, 2.75) is 31.6 Å². The molecule has 0 rings (SSSR count). The molecule has 0 aliphatic rings. The molecule has 0 aliphatic carbocycles. The zero-order chi connectivity index (χ0) is 10.4. The molecule has 1 nitrogen and oxygen atoms in total. The van der Waals surface area contributed by atoms with Crippen LogP contribution >= 0.6 is 66.1 Å². The third-order valence-corrected chi connectivity index (χ3v) is 5.24. The number of hydrogen-bond donors (Lipinski definition) is 0. The van der Waals surface area contributed by atoms with Crippen LogP contribution in [0.1, 0.15) is 26.2 Å². The average molecular weight is 444 g/mol. The molecule has 1 atom stereocenters. The molecule has 1 unspecified atom stereocenters. The molecule has 0 fully saturated rings. The second-order valence-electron chi connectivity index (χ2n) is 2.55. The molecule has 0 saturated heterocycles. The quantitative estimate of drug-likeness (QED) is 0.340. The number of carbonyl (C=O) groups is 1. The predicted molar refractivity (Wildman–Crippen MR) is 73.1 cm³/mol. The van der Waals surface area contributed by atoms with E-state index in [-0.39, 0.29) is 5.78 Å². The van der Waals surface area contributed by atoms with Gasteiger partial charge in [-0.2, -0.15) is 0 Å². The molecule has 0 aromatic heterocycles. The van der Waals surface area contributed by atoms with Gasteiger partial charge in [0.25, 0.3) is 0 Å². The Balaban J connectivity index is 4.19. The summed E-state index contributed by atoms with van der Waals surface area (Å²) in [6.45, 7) is 2.08. The number of allylic oxidation sites excluding steroid dienone is 1. The van der Waals surface area contributed by atoms with Gasteiger partial charge in [0.2, 0.25) is 0 Å². The maximum absolute atomic E-state index is 11.5. The molecule has 0 spiro atoms. The number of alkyl halides is 1. The van der Waals surface area contributed by atoms with Crippen LogP contribution in [0.15, 0.2) is 6.97 Å². The summed E-state index contributed by atoms with van der Waals surface area (Å²) < 4.78 is 1.29. The zero-order valence-electron chi connectivity index (χ0n) is 7.12. The van der Waals surface area contributed by atoms with Gasteiger partial charge in [-0.15, -0.1) is 11.6 Å². The summed E-state index contributed by atoms with van der Waals surface area (Å²) in [6.07, 6.45) is 2.80. The highest BCUT2D eigenvalue weighted by atomic mass is 127. The third-order valence-electron chi connectivity index (χ3n) is 1.48. The average Bonchev–Trinajstić information content (AvgIpc) is 2.11. The highest BCUT2D eigenvalue weighted by Gasteiger charge is 2.18. The number of carbonyl (C=O) groups excluding carboxylic acids is 1. The van der Waals surface area contributed by atoms with E-state index in [4.69, 9.17) is 11.6 Å². The Bertz CT molecular complexity index is 214. The Morgan fingerprint density at radius 3 is 2.46 bits per heavy atom. The minimum atomic E-state index is -0.392. The van der Waals surface area contributed by atoms with Crippen molar-refractivity contribution in [1.82, 2.24) is 0 Å². The molecular formula is C8H10Br2ClIO. The summed E-state index contributed by atoms with van der Waals surface area (Å²) in [4.78, 5) is 11.5. The van der Waals surface area contributed by atoms with Crippen molar-refractivity contribution < 1.29 is 4.79 Å². The normalized spacial score (nSPS) is 12.4. The number of unbranched alkanes of at least 4 members (excludes halogenated alkanes) is 1. The molecule has 13 heavy (non-hydrogen) atoms. The molecule has 0 saturated carbocycles. The third kappa shape index (κ3) is 5.74. The van der Waals surface area contributed by atoms with Crippen molar-refractivity contribution in [1.29, 1.82) is 0 Å². The monoisotopic (exact) mass is 442 g/mol. The van der Waals surface area contributed by atoms with Crippen LogP contribution < -0.4 is 0 Å². The van der Waals surface area contributed by atoms with Crippen LogP contribution in [0.25, 0.3) is 0 Å². The van der Waals surface area contributed by atoms with E-state index in [1.54, 1.807) is 0 Å². The molecule has 5 heteroatoms. The molecular weight excluding hydrogens is 434 g/mol. The number of halogens is 4. The van der Waals surface area contributed by atoms with Gasteiger partial charge >= 0.3 is 0 Å². The smallest absolute Gasteiger partial charge is 0.188 e. The highest BCUT2D eigenvalue weighted by molar-refractivity contribution is 14.1. The lowest BCUT2D eigenvalue weighted by Gasteiger charge is -2.06. The van der Waals surface area contributed by atoms with Gasteiger partial charge in [-0.1, -0.05) is 19.8 Å². The first-order valence-corrected chi connectivity index (χ1v) is 6.99. The van der Waals surface area contributed by atoms with Gasteiger partial charge in [-0.25, -0.2) is 0 Å². The van der Waals surface area contributed by atoms with Crippen molar-refractivity contribution in [3.63, 3.8) is 0 Å². The standard InChI is InChI=1S/C8H10Br2ClIO/c1-2-3-4-5(11)7(13)6(12)8(9)10/h5H,2-4H2,1H3. The van der Waals surface area contributed by atoms with E-state index in [2.05, 4.69) is 38.8 Å². The molecule has 0 radical (unpaired) electrons. The first kappa shape index (κ1) is 14.4. The van der Waals surface area contributed by atoms with Gasteiger partial charge in [0.15, 0.2) is 5.78 Å². The van der Waals surface area contributed by atoms with Crippen molar-refractivity contribution in [2.75, 3.05) is 0 Å². The van der Waals surface area contributed by atoms with Crippen LogP contribution in [0.3, 0.4) is 0 Å². The Labute approximate surface area is 114 Å². The van der Waals surface area contributed by atoms with Gasteiger partial charge < -0.3 is 0 Å². The molecule has 0 aromatic rings. The second-order valence-corrected chi connectivity index (χ2v) is 6.80. The van der Waals surface area contributed by atoms with Gasteiger partial charge in [0.1, 0.15) is 0 Å². The first-order valence-electron chi connectivity index (χ1n) is 3.89. The molecule has 0 aliphatic heterocycles. The van der Waals surface area contributed by atoms with E-state index in [0.717, 1.165) is 19.3 Å². The highest BCUT2D eigenvalue weighted by Crippen LogP contribution is 2.27. The second kappa shape index (κ2) is 7.65. The Hall–Kier alpha value is 1.39. The summed E-state index contributed by atoms with van der Waals surface area (Å²) in [5.74, 6) is -0.0144. The van der Waals surface area contributed by atoms with E-state index in [0.29, 0.717) is 6.97 Å². The van der Waals surface area contributed by atoms with E-state index < -0.39 is 5.38 Å². The summed E-state index contributed by atoms with van der Waals surface area (Å²) >= 11 is 14.3. The van der Waals surface area contributed by atoms with E-state index in [9.17, 15) is 4.79 Å². The lowest BCUT2D eigenvalue weighted by molar-refractivity contribution is -0.114. The number of hydrogen-bond acceptors (Lipinski definition) is 1. The van der Waals surface area contributed by atoms with Gasteiger partial charge in [0, 0.05) is 0 Å². The molecule has 0 N–H and O–H groups in total. The fourth-order valence-corrected chi connectivity index (χ4v) is 1.96. The topological polar surface area (TPSA) is 17.1 Å². The van der Waals surface area contributed by atoms with Gasteiger partial charge in [-0.3, -0.25) is 4.79 Å². The molecule has 0 heterocycles. The zero-order valence-corrected chi connectivity index (χ0v) is 13.2. The summed E-state index contributed by atoms with van der Waals surface area (Å²) in [6, 6.07) is 0. The Morgan fingerprint density at radius 2 is 2.08 bits per heavy atom. The maximum atomic E-state index is 11.5. The van der Waals surface area contributed by atoms with Crippen LogP contribution in [0.4, 0.5) is 0 Å². The Kier molecular flexibility index (Phi) is 8.47. The van der Waals surface area contributed by atoms with Gasteiger partial charge in [-0.05, 0) is 60.9 Å². The molecule has 0 amide bonds. The first-order chi connectivity index (χ1) is 6.00. The van der Waals surface area contributed by atoms with Crippen molar-refractivity contribution in [2.24, 2.45) is 0 Å². The van der Waals surface area contributed by atoms with E-state index in [1.165, 1.54) is 0 Å².